The van der Waals surface area contributed by atoms with Gasteiger partial charge in [0.05, 0.1) is 57.2 Å². The SMILES string of the molecule is O=C(O)/C=C(\C(=O)O[C@@H]1CO[C@H]2[C@@H]1OC[C@H]2OC(=O)CCC(=O)O)C(CC(=O)O[C@@H]1CO[C@H]2[C@@H]1OC[C@H]2O)C(=O)O. The number of carboxylic acids is 3. The van der Waals surface area contributed by atoms with E-state index in [2.05, 4.69) is 0 Å². The zero-order valence-electron chi connectivity index (χ0n) is 21.3. The molecule has 4 aliphatic rings. The quantitative estimate of drug-likeness (QED) is 0.106. The van der Waals surface area contributed by atoms with Crippen molar-refractivity contribution in [2.75, 3.05) is 26.4 Å². The highest BCUT2D eigenvalue weighted by atomic mass is 16.7. The Labute approximate surface area is 230 Å². The zero-order valence-corrected chi connectivity index (χ0v) is 21.3. The van der Waals surface area contributed by atoms with E-state index in [0.29, 0.717) is 6.08 Å². The van der Waals surface area contributed by atoms with Gasteiger partial charge in [0, 0.05) is 6.08 Å². The zero-order chi connectivity index (χ0) is 29.8. The lowest BCUT2D eigenvalue weighted by atomic mass is 9.95. The molecule has 1 unspecified atom stereocenters. The number of carbonyl (C=O) groups excluding carboxylic acids is 3. The maximum atomic E-state index is 13.0. The van der Waals surface area contributed by atoms with Gasteiger partial charge in [-0.2, -0.15) is 0 Å². The van der Waals surface area contributed by atoms with Crippen LogP contribution in [-0.4, -0.2) is 132 Å². The van der Waals surface area contributed by atoms with E-state index in [1.54, 1.807) is 0 Å². The Hall–Kier alpha value is -3.64. The van der Waals surface area contributed by atoms with E-state index >= 15 is 0 Å². The Balaban J connectivity index is 1.37. The van der Waals surface area contributed by atoms with Crippen molar-refractivity contribution in [3.05, 3.63) is 11.6 Å². The van der Waals surface area contributed by atoms with Crippen molar-refractivity contribution in [1.29, 1.82) is 0 Å². The van der Waals surface area contributed by atoms with E-state index in [1.807, 2.05) is 0 Å². The van der Waals surface area contributed by atoms with E-state index in [1.165, 1.54) is 0 Å². The van der Waals surface area contributed by atoms with Gasteiger partial charge in [-0.05, 0) is 0 Å². The predicted octanol–water partition coefficient (Wildman–Crippen LogP) is -2.36. The fourth-order valence-electron chi connectivity index (χ4n) is 4.97. The average molecular weight is 588 g/mol. The van der Waals surface area contributed by atoms with Crippen LogP contribution in [0.3, 0.4) is 0 Å². The molecule has 0 amide bonds. The molecule has 4 saturated heterocycles. The number of aliphatic hydroxyl groups is 1. The van der Waals surface area contributed by atoms with Gasteiger partial charge in [0.1, 0.15) is 30.5 Å². The van der Waals surface area contributed by atoms with Gasteiger partial charge >= 0.3 is 35.8 Å². The highest BCUT2D eigenvalue weighted by Gasteiger charge is 2.52. The van der Waals surface area contributed by atoms with Crippen molar-refractivity contribution >= 4 is 35.8 Å². The molecule has 9 atom stereocenters. The number of aliphatic hydroxyl groups excluding tert-OH is 1. The monoisotopic (exact) mass is 588 g/mol. The molecule has 41 heavy (non-hydrogen) atoms. The topological polar surface area (TPSA) is 248 Å². The van der Waals surface area contributed by atoms with Crippen LogP contribution >= 0.6 is 0 Å². The van der Waals surface area contributed by atoms with Gasteiger partial charge in [0.15, 0.2) is 18.3 Å². The Morgan fingerprint density at radius 2 is 1.22 bits per heavy atom. The molecule has 17 heteroatoms. The molecular formula is C24H28O17. The second-order valence-corrected chi connectivity index (χ2v) is 9.69. The summed E-state index contributed by atoms with van der Waals surface area (Å²) in [4.78, 5) is 71.6. The molecule has 4 aliphatic heterocycles. The molecular weight excluding hydrogens is 560 g/mol. The fourth-order valence-corrected chi connectivity index (χ4v) is 4.97. The molecule has 4 rings (SSSR count). The van der Waals surface area contributed by atoms with Crippen LogP contribution in [0, 0.1) is 5.92 Å². The summed E-state index contributed by atoms with van der Waals surface area (Å²) in [5.41, 5.74) is -0.854. The summed E-state index contributed by atoms with van der Waals surface area (Å²) in [6, 6.07) is 0. The van der Waals surface area contributed by atoms with Crippen molar-refractivity contribution < 1.29 is 82.4 Å². The molecule has 17 nitrogen and oxygen atoms in total. The highest BCUT2D eigenvalue weighted by Crippen LogP contribution is 2.33. The van der Waals surface area contributed by atoms with E-state index in [4.69, 9.17) is 38.3 Å². The van der Waals surface area contributed by atoms with Crippen LogP contribution in [0.4, 0.5) is 0 Å². The van der Waals surface area contributed by atoms with Crippen molar-refractivity contribution in [1.82, 2.24) is 0 Å². The second kappa shape index (κ2) is 12.9. The van der Waals surface area contributed by atoms with Crippen LogP contribution in [0.5, 0.6) is 0 Å². The van der Waals surface area contributed by atoms with E-state index in [0.717, 1.165) is 0 Å². The molecule has 226 valence electrons. The smallest absolute Gasteiger partial charge is 0.335 e. The lowest BCUT2D eigenvalue weighted by molar-refractivity contribution is -0.159. The molecule has 0 radical (unpaired) electrons. The lowest BCUT2D eigenvalue weighted by Gasteiger charge is -2.21. The molecule has 4 heterocycles. The molecule has 0 aliphatic carbocycles. The molecule has 0 spiro atoms. The minimum atomic E-state index is -1.97. The number of carbonyl (C=O) groups is 6. The van der Waals surface area contributed by atoms with Gasteiger partial charge in [-0.1, -0.05) is 0 Å². The summed E-state index contributed by atoms with van der Waals surface area (Å²) in [6.07, 6.45) is -8.69. The van der Waals surface area contributed by atoms with Crippen molar-refractivity contribution in [2.45, 2.75) is 68.1 Å². The third kappa shape index (κ3) is 7.17. The Morgan fingerprint density at radius 1 is 0.707 bits per heavy atom. The summed E-state index contributed by atoms with van der Waals surface area (Å²) in [7, 11) is 0. The maximum Gasteiger partial charge on any atom is 0.335 e. The molecule has 0 bridgehead atoms. The minimum absolute atomic E-state index is 0.0389. The van der Waals surface area contributed by atoms with Crippen LogP contribution < -0.4 is 0 Å². The lowest BCUT2D eigenvalue weighted by Crippen LogP contribution is -2.37. The Morgan fingerprint density at radius 3 is 1.78 bits per heavy atom. The molecule has 4 N–H and O–H groups in total. The standard InChI is InChI=1S/C24H28O17/c25-11-5-35-20-12(6-36-19(11)20)40-18(31)4-9(23(32)33)10(3-16(28)29)24(34)41-14-8-38-21-13(7-37-22(14)21)39-17(30)2-1-15(26)27/h3,9,11-14,19-22,25H,1-2,4-8H2,(H,26,27)(H,28,29)(H,32,33)/b10-3-/t9?,11-,12-,13-,14-,19-,20-,21-,22-/m1/s1. The summed E-state index contributed by atoms with van der Waals surface area (Å²) in [5.74, 6) is -9.79. The first-order valence-corrected chi connectivity index (χ1v) is 12.6. The molecule has 0 aromatic rings. The van der Waals surface area contributed by atoms with Crippen molar-refractivity contribution in [3.8, 4) is 0 Å². The third-order valence-electron chi connectivity index (χ3n) is 6.87. The van der Waals surface area contributed by atoms with Gasteiger partial charge in [-0.15, -0.1) is 0 Å². The van der Waals surface area contributed by atoms with Crippen LogP contribution in [0.2, 0.25) is 0 Å². The van der Waals surface area contributed by atoms with Gasteiger partial charge in [0.2, 0.25) is 0 Å². The summed E-state index contributed by atoms with van der Waals surface area (Å²) < 4.78 is 37.5. The normalized spacial score (nSPS) is 33.0. The number of fused-ring (bicyclic) bond motifs is 2. The van der Waals surface area contributed by atoms with Gasteiger partial charge in [-0.25, -0.2) is 9.59 Å². The van der Waals surface area contributed by atoms with E-state index in [9.17, 15) is 44.1 Å². The highest BCUT2D eigenvalue weighted by molar-refractivity contribution is 6.01. The Bertz CT molecular complexity index is 1100. The number of hydrogen-bond acceptors (Lipinski definition) is 14. The van der Waals surface area contributed by atoms with Gasteiger partial charge in [-0.3, -0.25) is 19.2 Å². The second-order valence-electron chi connectivity index (χ2n) is 9.69. The van der Waals surface area contributed by atoms with Crippen LogP contribution in [0.1, 0.15) is 19.3 Å². The predicted molar refractivity (Wildman–Crippen MR) is 123 cm³/mol. The van der Waals surface area contributed by atoms with Crippen LogP contribution in [0.25, 0.3) is 0 Å². The van der Waals surface area contributed by atoms with Crippen LogP contribution in [0.15, 0.2) is 11.6 Å². The number of esters is 3. The number of carboxylic acid groups (broad SMARTS) is 3. The molecule has 0 saturated carbocycles. The van der Waals surface area contributed by atoms with Crippen LogP contribution in [-0.2, 0) is 61.9 Å². The minimum Gasteiger partial charge on any atom is -0.481 e. The first kappa shape index (κ1) is 30.3. The van der Waals surface area contributed by atoms with E-state index < -0.39 is 109 Å². The van der Waals surface area contributed by atoms with Gasteiger partial charge < -0.3 is 53.6 Å². The van der Waals surface area contributed by atoms with Crippen molar-refractivity contribution in [2.24, 2.45) is 5.92 Å². The summed E-state index contributed by atoms with van der Waals surface area (Å²) in [6.45, 7) is -0.573. The molecule has 0 aromatic heterocycles. The first-order chi connectivity index (χ1) is 19.4. The number of rotatable bonds is 12. The molecule has 0 aromatic carbocycles. The first-order valence-electron chi connectivity index (χ1n) is 12.6. The number of ether oxygens (including phenoxy) is 7. The average Bonchev–Trinajstić information content (AvgIpc) is 3.66. The largest absolute Gasteiger partial charge is 0.481 e. The summed E-state index contributed by atoms with van der Waals surface area (Å²) in [5, 5.41) is 37.5. The van der Waals surface area contributed by atoms with Gasteiger partial charge in [0.25, 0.3) is 0 Å². The number of hydrogen-bond donors (Lipinski definition) is 4. The molecule has 4 fully saturated rings. The number of aliphatic carboxylic acids is 3. The van der Waals surface area contributed by atoms with Crippen molar-refractivity contribution in [3.63, 3.8) is 0 Å². The Kier molecular flexibility index (Phi) is 9.54. The third-order valence-corrected chi connectivity index (χ3v) is 6.87. The maximum absolute atomic E-state index is 13.0. The fraction of sp³-hybridized carbons (Fsp3) is 0.667. The summed E-state index contributed by atoms with van der Waals surface area (Å²) >= 11 is 0. The van der Waals surface area contributed by atoms with E-state index in [-0.39, 0.29) is 32.8 Å².